The molecule has 7 heteroatoms. The average Bonchev–Trinajstić information content (AvgIpc) is 2.42. The number of amidine groups is 1. The molecule has 1 rings (SSSR count). The molecule has 2 unspecified atom stereocenters. The van der Waals surface area contributed by atoms with Gasteiger partial charge in [0.2, 0.25) is 0 Å². The van der Waals surface area contributed by atoms with Crippen LogP contribution in [0.2, 0.25) is 0 Å². The van der Waals surface area contributed by atoms with Crippen LogP contribution in [0.1, 0.15) is 24.6 Å². The zero-order chi connectivity index (χ0) is 14.3. The van der Waals surface area contributed by atoms with Gasteiger partial charge in [0.25, 0.3) is 0 Å². The van der Waals surface area contributed by atoms with E-state index in [1.54, 1.807) is 18.5 Å². The summed E-state index contributed by atoms with van der Waals surface area (Å²) in [6, 6.07) is 3.92. The lowest BCUT2D eigenvalue weighted by Crippen LogP contribution is -2.27. The lowest BCUT2D eigenvalue weighted by atomic mass is 10.2. The molecule has 0 aliphatic rings. The number of hydrogen-bond donors (Lipinski definition) is 3. The van der Waals surface area contributed by atoms with E-state index in [0.29, 0.717) is 18.0 Å². The maximum atomic E-state index is 11.0. The van der Waals surface area contributed by atoms with Gasteiger partial charge in [0.05, 0.1) is 0 Å². The monoisotopic (exact) mass is 284 g/mol. The van der Waals surface area contributed by atoms with Crippen molar-refractivity contribution in [1.82, 2.24) is 10.3 Å². The molecule has 0 spiro atoms. The molecular formula is C12H20N4O2S. The minimum Gasteiger partial charge on any atom is -0.409 e. The zero-order valence-electron chi connectivity index (χ0n) is 11.2. The molecule has 19 heavy (non-hydrogen) atoms. The van der Waals surface area contributed by atoms with Crippen molar-refractivity contribution in [3.63, 3.8) is 0 Å². The molecule has 1 aromatic rings. The van der Waals surface area contributed by atoms with E-state index in [1.807, 2.05) is 6.07 Å². The van der Waals surface area contributed by atoms with Crippen LogP contribution in [0.5, 0.6) is 0 Å². The lowest BCUT2D eigenvalue weighted by molar-refractivity contribution is 0.318. The van der Waals surface area contributed by atoms with Crippen LogP contribution in [0.25, 0.3) is 0 Å². The summed E-state index contributed by atoms with van der Waals surface area (Å²) >= 11 is 0. The first-order chi connectivity index (χ1) is 9.02. The molecule has 0 aliphatic heterocycles. The largest absolute Gasteiger partial charge is 0.409 e. The van der Waals surface area contributed by atoms with Gasteiger partial charge in [-0.2, -0.15) is 0 Å². The highest BCUT2D eigenvalue weighted by molar-refractivity contribution is 7.84. The molecule has 0 aromatic carbocycles. The SMILES string of the molecule is CC(CCS(C)=O)NCc1ccnc(/C(N)=N/O)c1. The summed E-state index contributed by atoms with van der Waals surface area (Å²) in [5.74, 6) is 0.691. The molecule has 2 atom stereocenters. The van der Waals surface area contributed by atoms with Gasteiger partial charge in [-0.3, -0.25) is 9.19 Å². The molecule has 0 saturated carbocycles. The van der Waals surface area contributed by atoms with E-state index in [-0.39, 0.29) is 11.9 Å². The van der Waals surface area contributed by atoms with Gasteiger partial charge in [0.15, 0.2) is 5.84 Å². The van der Waals surface area contributed by atoms with Gasteiger partial charge >= 0.3 is 0 Å². The summed E-state index contributed by atoms with van der Waals surface area (Å²) < 4.78 is 11.0. The van der Waals surface area contributed by atoms with Crippen molar-refractivity contribution in [3.05, 3.63) is 29.6 Å². The minimum absolute atomic E-state index is 0.00345. The topological polar surface area (TPSA) is 101 Å². The van der Waals surface area contributed by atoms with Gasteiger partial charge in [0.1, 0.15) is 5.69 Å². The standard InChI is InChI=1S/C12H20N4O2S/c1-9(4-6-19(2)18)15-8-10-3-5-14-11(7-10)12(13)16-17/h3,5,7,9,15,17H,4,6,8H2,1-2H3,(H2,13,16). The van der Waals surface area contributed by atoms with Crippen molar-refractivity contribution >= 4 is 16.6 Å². The van der Waals surface area contributed by atoms with E-state index in [1.165, 1.54) is 0 Å². The quantitative estimate of drug-likeness (QED) is 0.292. The maximum absolute atomic E-state index is 11.0. The third-order valence-corrected chi connectivity index (χ3v) is 3.50. The molecule has 0 bridgehead atoms. The van der Waals surface area contributed by atoms with Crippen molar-refractivity contribution < 1.29 is 9.42 Å². The number of pyridine rings is 1. The highest BCUT2D eigenvalue weighted by atomic mass is 32.2. The average molecular weight is 284 g/mol. The van der Waals surface area contributed by atoms with Gasteiger partial charge in [-0.15, -0.1) is 0 Å². The lowest BCUT2D eigenvalue weighted by Gasteiger charge is -2.13. The Morgan fingerprint density at radius 2 is 2.42 bits per heavy atom. The summed E-state index contributed by atoms with van der Waals surface area (Å²) in [4.78, 5) is 4.01. The number of hydrogen-bond acceptors (Lipinski definition) is 5. The molecule has 0 fully saturated rings. The van der Waals surface area contributed by atoms with E-state index < -0.39 is 10.8 Å². The van der Waals surface area contributed by atoms with Crippen LogP contribution in [0.4, 0.5) is 0 Å². The molecule has 0 radical (unpaired) electrons. The first kappa shape index (κ1) is 15.6. The van der Waals surface area contributed by atoms with Crippen molar-refractivity contribution in [3.8, 4) is 0 Å². The molecule has 0 aliphatic carbocycles. The first-order valence-electron chi connectivity index (χ1n) is 5.99. The van der Waals surface area contributed by atoms with Gasteiger partial charge in [-0.1, -0.05) is 5.16 Å². The van der Waals surface area contributed by atoms with Gasteiger partial charge in [-0.25, -0.2) is 0 Å². The number of oxime groups is 1. The third-order valence-electron chi connectivity index (χ3n) is 2.69. The van der Waals surface area contributed by atoms with Crippen molar-refractivity contribution in [2.24, 2.45) is 10.9 Å². The Morgan fingerprint density at radius 3 is 3.05 bits per heavy atom. The number of aromatic nitrogens is 1. The number of nitrogens with two attached hydrogens (primary N) is 1. The van der Waals surface area contributed by atoms with Crippen LogP contribution in [-0.2, 0) is 17.3 Å². The molecular weight excluding hydrogens is 264 g/mol. The predicted molar refractivity (Wildman–Crippen MR) is 76.6 cm³/mol. The summed E-state index contributed by atoms with van der Waals surface area (Å²) in [5.41, 5.74) is 6.93. The fraction of sp³-hybridized carbons (Fsp3) is 0.500. The number of rotatable bonds is 7. The molecule has 0 amide bonds. The molecule has 6 nitrogen and oxygen atoms in total. The molecule has 1 aromatic heterocycles. The van der Waals surface area contributed by atoms with E-state index in [2.05, 4.69) is 22.4 Å². The Kier molecular flexibility index (Phi) is 6.44. The van der Waals surface area contributed by atoms with Gasteiger partial charge in [0, 0.05) is 41.6 Å². The van der Waals surface area contributed by atoms with Gasteiger partial charge < -0.3 is 16.3 Å². The second-order valence-electron chi connectivity index (χ2n) is 4.38. The van der Waals surface area contributed by atoms with E-state index >= 15 is 0 Å². The second kappa shape index (κ2) is 7.85. The summed E-state index contributed by atoms with van der Waals surface area (Å²) in [6.45, 7) is 2.71. The first-order valence-corrected chi connectivity index (χ1v) is 7.72. The smallest absolute Gasteiger partial charge is 0.188 e. The van der Waals surface area contributed by atoms with Crippen molar-refractivity contribution in [2.45, 2.75) is 25.9 Å². The van der Waals surface area contributed by atoms with Crippen LogP contribution >= 0.6 is 0 Å². The van der Waals surface area contributed by atoms with E-state index in [9.17, 15) is 4.21 Å². The fourth-order valence-electron chi connectivity index (χ4n) is 1.51. The van der Waals surface area contributed by atoms with Crippen LogP contribution in [-0.4, -0.2) is 38.3 Å². The summed E-state index contributed by atoms with van der Waals surface area (Å²) in [5, 5.41) is 14.9. The van der Waals surface area contributed by atoms with Crippen molar-refractivity contribution in [2.75, 3.05) is 12.0 Å². The molecule has 106 valence electrons. The molecule has 0 saturated heterocycles. The van der Waals surface area contributed by atoms with Crippen LogP contribution < -0.4 is 11.1 Å². The highest BCUT2D eigenvalue weighted by Crippen LogP contribution is 2.03. The van der Waals surface area contributed by atoms with Crippen molar-refractivity contribution in [1.29, 1.82) is 0 Å². The third kappa shape index (κ3) is 5.80. The van der Waals surface area contributed by atoms with Crippen LogP contribution in [0, 0.1) is 0 Å². The Balaban J connectivity index is 2.51. The second-order valence-corrected chi connectivity index (χ2v) is 5.94. The minimum atomic E-state index is -0.755. The normalized spacial score (nSPS) is 15.2. The number of nitrogens with one attached hydrogen (secondary N) is 1. The Bertz CT molecular complexity index is 465. The van der Waals surface area contributed by atoms with Crippen LogP contribution in [0.15, 0.2) is 23.5 Å². The van der Waals surface area contributed by atoms with E-state index in [4.69, 9.17) is 10.9 Å². The summed E-state index contributed by atoms with van der Waals surface area (Å²) in [7, 11) is -0.755. The van der Waals surface area contributed by atoms with Crippen LogP contribution in [0.3, 0.4) is 0 Å². The van der Waals surface area contributed by atoms with Gasteiger partial charge in [-0.05, 0) is 31.0 Å². The maximum Gasteiger partial charge on any atom is 0.188 e. The van der Waals surface area contributed by atoms with E-state index in [0.717, 1.165) is 12.0 Å². The Morgan fingerprint density at radius 1 is 1.68 bits per heavy atom. The molecule has 1 heterocycles. The fourth-order valence-corrected chi connectivity index (χ4v) is 2.20. The Labute approximate surface area is 115 Å². The Hall–Kier alpha value is -1.47. The molecule has 4 N–H and O–H groups in total. The highest BCUT2D eigenvalue weighted by Gasteiger charge is 2.05. The zero-order valence-corrected chi connectivity index (χ0v) is 12.0. The number of nitrogens with zero attached hydrogens (tertiary/aromatic N) is 2. The summed E-state index contributed by atoms with van der Waals surface area (Å²) in [6.07, 6.45) is 4.19. The predicted octanol–water partition coefficient (Wildman–Crippen LogP) is 0.423.